The summed E-state index contributed by atoms with van der Waals surface area (Å²) in [5, 5.41) is 12.6. The maximum atomic E-state index is 12.1. The molecule has 0 aliphatic carbocycles. The van der Waals surface area contributed by atoms with Gasteiger partial charge in [0.1, 0.15) is 0 Å². The van der Waals surface area contributed by atoms with Gasteiger partial charge in [-0.3, -0.25) is 4.90 Å². The molecule has 1 fully saturated rings. The molecule has 0 spiro atoms. The van der Waals surface area contributed by atoms with E-state index in [-0.39, 0.29) is 12.1 Å². The van der Waals surface area contributed by atoms with Gasteiger partial charge in [0.25, 0.3) is 0 Å². The molecular weight excluding hydrogens is 278 g/mol. The minimum atomic E-state index is -0.363. The van der Waals surface area contributed by atoms with Crippen LogP contribution in [0, 0.1) is 0 Å². The SMILES string of the molecule is O=C(NCCN1CCc2ccccc2C1)N1CCCC(O)C1. The highest BCUT2D eigenvalue weighted by Crippen LogP contribution is 2.17. The summed E-state index contributed by atoms with van der Waals surface area (Å²) in [7, 11) is 0. The van der Waals surface area contributed by atoms with Crippen molar-refractivity contribution in [2.45, 2.75) is 31.9 Å². The van der Waals surface area contributed by atoms with Crippen molar-refractivity contribution in [3.8, 4) is 0 Å². The van der Waals surface area contributed by atoms with Gasteiger partial charge in [-0.05, 0) is 30.4 Å². The third-order valence-corrected chi connectivity index (χ3v) is 4.60. The number of amides is 2. The van der Waals surface area contributed by atoms with Gasteiger partial charge in [-0.25, -0.2) is 4.79 Å². The van der Waals surface area contributed by atoms with Crippen molar-refractivity contribution >= 4 is 6.03 Å². The summed E-state index contributed by atoms with van der Waals surface area (Å²) < 4.78 is 0. The minimum absolute atomic E-state index is 0.0452. The summed E-state index contributed by atoms with van der Waals surface area (Å²) >= 11 is 0. The largest absolute Gasteiger partial charge is 0.391 e. The van der Waals surface area contributed by atoms with Gasteiger partial charge in [0, 0.05) is 39.3 Å². The first-order valence-corrected chi connectivity index (χ1v) is 8.22. The zero-order chi connectivity index (χ0) is 15.4. The molecular formula is C17H25N3O2. The number of urea groups is 1. The molecule has 1 saturated heterocycles. The van der Waals surface area contributed by atoms with Crippen molar-refractivity contribution in [1.82, 2.24) is 15.1 Å². The second-order valence-electron chi connectivity index (χ2n) is 6.27. The standard InChI is InChI=1S/C17H25N3O2/c21-16-6-3-9-20(13-16)17(22)18-8-11-19-10-7-14-4-1-2-5-15(14)12-19/h1-2,4-5,16,21H,3,6-13H2,(H,18,22). The number of hydrogen-bond donors (Lipinski definition) is 2. The number of aliphatic hydroxyl groups is 1. The Balaban J connectivity index is 1.41. The van der Waals surface area contributed by atoms with E-state index >= 15 is 0 Å². The van der Waals surface area contributed by atoms with E-state index in [1.807, 2.05) is 0 Å². The highest BCUT2D eigenvalue weighted by molar-refractivity contribution is 5.74. The lowest BCUT2D eigenvalue weighted by molar-refractivity contribution is 0.0840. The molecule has 1 atom stereocenters. The lowest BCUT2D eigenvalue weighted by Crippen LogP contribution is -2.48. The topological polar surface area (TPSA) is 55.8 Å². The molecule has 1 unspecified atom stereocenters. The third kappa shape index (κ3) is 3.78. The van der Waals surface area contributed by atoms with E-state index in [4.69, 9.17) is 0 Å². The highest BCUT2D eigenvalue weighted by Gasteiger charge is 2.22. The van der Waals surface area contributed by atoms with Gasteiger partial charge in [-0.1, -0.05) is 24.3 Å². The molecule has 120 valence electrons. The molecule has 22 heavy (non-hydrogen) atoms. The fourth-order valence-corrected chi connectivity index (χ4v) is 3.32. The number of piperidine rings is 1. The fraction of sp³-hybridized carbons (Fsp3) is 0.588. The first-order valence-electron chi connectivity index (χ1n) is 8.22. The molecule has 2 N–H and O–H groups in total. The zero-order valence-corrected chi connectivity index (χ0v) is 13.0. The van der Waals surface area contributed by atoms with Crippen LogP contribution in [0.25, 0.3) is 0 Å². The Morgan fingerprint density at radius 3 is 2.91 bits per heavy atom. The van der Waals surface area contributed by atoms with Crippen LogP contribution in [0.15, 0.2) is 24.3 Å². The number of carbonyl (C=O) groups is 1. The second-order valence-corrected chi connectivity index (χ2v) is 6.27. The van der Waals surface area contributed by atoms with Crippen LogP contribution in [0.5, 0.6) is 0 Å². The second kappa shape index (κ2) is 7.11. The summed E-state index contributed by atoms with van der Waals surface area (Å²) in [5.74, 6) is 0. The van der Waals surface area contributed by atoms with Crippen molar-refractivity contribution in [2.75, 3.05) is 32.7 Å². The van der Waals surface area contributed by atoms with E-state index in [1.165, 1.54) is 11.1 Å². The molecule has 0 aromatic heterocycles. The average Bonchev–Trinajstić information content (AvgIpc) is 2.54. The average molecular weight is 303 g/mol. The number of fused-ring (bicyclic) bond motifs is 1. The predicted molar refractivity (Wildman–Crippen MR) is 85.6 cm³/mol. The van der Waals surface area contributed by atoms with Gasteiger partial charge >= 0.3 is 6.03 Å². The molecule has 2 aliphatic heterocycles. The Morgan fingerprint density at radius 1 is 1.27 bits per heavy atom. The van der Waals surface area contributed by atoms with Gasteiger partial charge in [-0.2, -0.15) is 0 Å². The molecule has 0 saturated carbocycles. The molecule has 1 aromatic rings. The van der Waals surface area contributed by atoms with Crippen molar-refractivity contribution in [3.05, 3.63) is 35.4 Å². The van der Waals surface area contributed by atoms with Crippen molar-refractivity contribution in [1.29, 1.82) is 0 Å². The number of aliphatic hydroxyl groups excluding tert-OH is 1. The van der Waals surface area contributed by atoms with Gasteiger partial charge in [0.05, 0.1) is 6.10 Å². The first-order chi connectivity index (χ1) is 10.7. The monoisotopic (exact) mass is 303 g/mol. The Labute approximate surface area is 131 Å². The van der Waals surface area contributed by atoms with Crippen molar-refractivity contribution < 1.29 is 9.90 Å². The predicted octanol–water partition coefficient (Wildman–Crippen LogP) is 1.21. The van der Waals surface area contributed by atoms with E-state index in [2.05, 4.69) is 34.5 Å². The Hall–Kier alpha value is -1.59. The summed E-state index contributed by atoms with van der Waals surface area (Å²) in [6.07, 6.45) is 2.41. The van der Waals surface area contributed by atoms with Crippen LogP contribution < -0.4 is 5.32 Å². The summed E-state index contributed by atoms with van der Waals surface area (Å²) in [5.41, 5.74) is 2.85. The van der Waals surface area contributed by atoms with Crippen LogP contribution in [-0.4, -0.2) is 59.8 Å². The smallest absolute Gasteiger partial charge is 0.317 e. The summed E-state index contributed by atoms with van der Waals surface area (Å²) in [6, 6.07) is 8.54. The lowest BCUT2D eigenvalue weighted by Gasteiger charge is -2.31. The number of likely N-dealkylation sites (tertiary alicyclic amines) is 1. The maximum Gasteiger partial charge on any atom is 0.317 e. The zero-order valence-electron chi connectivity index (χ0n) is 13.0. The van der Waals surface area contributed by atoms with Crippen molar-refractivity contribution in [3.63, 3.8) is 0 Å². The number of nitrogens with zero attached hydrogens (tertiary/aromatic N) is 2. The Bertz CT molecular complexity index is 520. The van der Waals surface area contributed by atoms with Crippen LogP contribution in [0.3, 0.4) is 0 Å². The quantitative estimate of drug-likeness (QED) is 0.882. The van der Waals surface area contributed by atoms with Crippen molar-refractivity contribution in [2.24, 2.45) is 0 Å². The highest BCUT2D eigenvalue weighted by atomic mass is 16.3. The van der Waals surface area contributed by atoms with E-state index in [0.29, 0.717) is 13.1 Å². The van der Waals surface area contributed by atoms with E-state index in [0.717, 1.165) is 45.4 Å². The lowest BCUT2D eigenvalue weighted by atomic mass is 10.00. The van der Waals surface area contributed by atoms with Gasteiger partial charge in [0.15, 0.2) is 0 Å². The number of benzene rings is 1. The van der Waals surface area contributed by atoms with Crippen LogP contribution in [0.2, 0.25) is 0 Å². The molecule has 0 bridgehead atoms. The third-order valence-electron chi connectivity index (χ3n) is 4.60. The van der Waals surface area contributed by atoms with Gasteiger partial charge < -0.3 is 15.3 Å². The van der Waals surface area contributed by atoms with E-state index in [9.17, 15) is 9.90 Å². The number of β-amino-alcohol motifs (C(OH)–C–C–N with tert-alkyl or cyclic N) is 1. The normalized spacial score (nSPS) is 22.2. The Kier molecular flexibility index (Phi) is 4.95. The van der Waals surface area contributed by atoms with Crippen LogP contribution in [0.1, 0.15) is 24.0 Å². The maximum absolute atomic E-state index is 12.1. The summed E-state index contributed by atoms with van der Waals surface area (Å²) in [6.45, 7) is 4.76. The van der Waals surface area contributed by atoms with Crippen LogP contribution in [0.4, 0.5) is 4.79 Å². The number of rotatable bonds is 3. The number of carbonyl (C=O) groups excluding carboxylic acids is 1. The van der Waals surface area contributed by atoms with Gasteiger partial charge in [-0.15, -0.1) is 0 Å². The molecule has 0 radical (unpaired) electrons. The number of hydrogen-bond acceptors (Lipinski definition) is 3. The Morgan fingerprint density at radius 2 is 2.09 bits per heavy atom. The number of nitrogens with one attached hydrogen (secondary N) is 1. The first kappa shape index (κ1) is 15.3. The molecule has 5 nitrogen and oxygen atoms in total. The van der Waals surface area contributed by atoms with E-state index in [1.54, 1.807) is 4.90 Å². The molecule has 2 amide bonds. The molecule has 2 aliphatic rings. The van der Waals surface area contributed by atoms with Crippen LogP contribution >= 0.6 is 0 Å². The van der Waals surface area contributed by atoms with Gasteiger partial charge in [0.2, 0.25) is 0 Å². The van der Waals surface area contributed by atoms with Crippen LogP contribution in [-0.2, 0) is 13.0 Å². The molecule has 5 heteroatoms. The molecule has 2 heterocycles. The minimum Gasteiger partial charge on any atom is -0.391 e. The molecule has 3 rings (SSSR count). The van der Waals surface area contributed by atoms with E-state index < -0.39 is 0 Å². The summed E-state index contributed by atoms with van der Waals surface area (Å²) in [4.78, 5) is 16.2. The molecule has 1 aromatic carbocycles. The fourth-order valence-electron chi connectivity index (χ4n) is 3.32.